The van der Waals surface area contributed by atoms with E-state index in [1.165, 1.54) is 32.1 Å². The zero-order chi connectivity index (χ0) is 21.1. The quantitative estimate of drug-likeness (QED) is 0.590. The molecule has 0 bridgehead atoms. The second-order valence-corrected chi connectivity index (χ2v) is 8.23. The highest BCUT2D eigenvalue weighted by atomic mass is 19.1. The van der Waals surface area contributed by atoms with E-state index in [9.17, 15) is 4.79 Å². The molecule has 1 saturated carbocycles. The Morgan fingerprint density at radius 1 is 1.07 bits per heavy atom. The summed E-state index contributed by atoms with van der Waals surface area (Å²) < 4.78 is 15.5. The van der Waals surface area contributed by atoms with Gasteiger partial charge in [-0.3, -0.25) is 9.78 Å². The van der Waals surface area contributed by atoms with Gasteiger partial charge in [0.25, 0.3) is 0 Å². The number of halogens is 1. The van der Waals surface area contributed by atoms with Crippen molar-refractivity contribution < 1.29 is 9.18 Å². The number of benzene rings is 1. The molecular weight excluding hydrogens is 381 g/mol. The minimum atomic E-state index is -0.906. The van der Waals surface area contributed by atoms with E-state index in [-0.39, 0.29) is 17.1 Å². The first kappa shape index (κ1) is 20.5. The third-order valence-electron chi connectivity index (χ3n) is 6.25. The maximum absolute atomic E-state index is 15.5. The van der Waals surface area contributed by atoms with Crippen molar-refractivity contribution >= 4 is 16.9 Å². The number of pyridine rings is 1. The van der Waals surface area contributed by atoms with Gasteiger partial charge in [0, 0.05) is 18.0 Å². The van der Waals surface area contributed by atoms with Gasteiger partial charge in [0.1, 0.15) is 11.3 Å². The molecule has 1 aliphatic carbocycles. The van der Waals surface area contributed by atoms with Crippen LogP contribution < -0.4 is 11.5 Å². The van der Waals surface area contributed by atoms with Gasteiger partial charge in [-0.25, -0.2) is 9.37 Å². The number of carbonyl (C=O) groups excluding carboxylic acids is 1. The lowest BCUT2D eigenvalue weighted by atomic mass is 9.86. The van der Waals surface area contributed by atoms with E-state index < -0.39 is 17.6 Å². The Labute approximate surface area is 175 Å². The van der Waals surface area contributed by atoms with Crippen LogP contribution in [0, 0.1) is 11.7 Å². The van der Waals surface area contributed by atoms with Crippen LogP contribution in [-0.4, -0.2) is 20.9 Å². The molecule has 0 saturated heterocycles. The van der Waals surface area contributed by atoms with Crippen LogP contribution in [0.25, 0.3) is 11.0 Å². The molecule has 5 N–H and O–H groups in total. The zero-order valence-corrected chi connectivity index (χ0v) is 17.0. The number of hydrogen-bond acceptors (Lipinski definition) is 4. The number of rotatable bonds is 5. The highest BCUT2D eigenvalue weighted by molar-refractivity contribution is 5.87. The molecule has 1 aromatic carbocycles. The molecule has 1 aliphatic rings. The predicted octanol–water partition coefficient (Wildman–Crippen LogP) is 4.07. The van der Waals surface area contributed by atoms with Gasteiger partial charge in [0.2, 0.25) is 5.91 Å². The number of aromatic amines is 1. The van der Waals surface area contributed by atoms with Crippen molar-refractivity contribution in [2.45, 2.75) is 56.9 Å². The number of amides is 1. The summed E-state index contributed by atoms with van der Waals surface area (Å²) in [4.78, 5) is 23.8. The van der Waals surface area contributed by atoms with Gasteiger partial charge in [-0.15, -0.1) is 0 Å². The molecule has 0 spiro atoms. The maximum Gasteiger partial charge on any atom is 0.229 e. The molecular formula is C23H28FN5O. The summed E-state index contributed by atoms with van der Waals surface area (Å²) in [5.74, 6) is -1.13. The second kappa shape index (κ2) is 8.92. The molecule has 3 aromatic rings. The van der Waals surface area contributed by atoms with Gasteiger partial charge in [-0.2, -0.15) is 0 Å². The highest BCUT2D eigenvalue weighted by Crippen LogP contribution is 2.33. The number of H-pyrrole nitrogens is 1. The monoisotopic (exact) mass is 409 g/mol. The van der Waals surface area contributed by atoms with Gasteiger partial charge in [0.15, 0.2) is 5.82 Å². The third kappa shape index (κ3) is 4.07. The van der Waals surface area contributed by atoms with Gasteiger partial charge >= 0.3 is 0 Å². The van der Waals surface area contributed by atoms with Crippen molar-refractivity contribution in [2.24, 2.45) is 17.4 Å². The molecule has 158 valence electrons. The Kier molecular flexibility index (Phi) is 6.08. The molecule has 1 fully saturated rings. The molecule has 1 amide bonds. The third-order valence-corrected chi connectivity index (χ3v) is 6.25. The zero-order valence-electron chi connectivity index (χ0n) is 17.0. The summed E-state index contributed by atoms with van der Waals surface area (Å²) >= 11 is 0. The van der Waals surface area contributed by atoms with E-state index in [0.29, 0.717) is 22.8 Å². The lowest BCUT2D eigenvalue weighted by Crippen LogP contribution is -2.23. The number of nitrogens with two attached hydrogens (primary N) is 2. The largest absolute Gasteiger partial charge is 0.369 e. The Morgan fingerprint density at radius 2 is 1.73 bits per heavy atom. The number of primary amides is 1. The van der Waals surface area contributed by atoms with Crippen molar-refractivity contribution in [3.8, 4) is 0 Å². The lowest BCUT2D eigenvalue weighted by molar-refractivity contribution is -0.118. The van der Waals surface area contributed by atoms with E-state index in [0.717, 1.165) is 12.8 Å². The molecule has 2 heterocycles. The van der Waals surface area contributed by atoms with Crippen LogP contribution in [0.3, 0.4) is 0 Å². The molecule has 4 rings (SSSR count). The first-order chi connectivity index (χ1) is 14.6. The summed E-state index contributed by atoms with van der Waals surface area (Å²) in [7, 11) is 0. The lowest BCUT2D eigenvalue weighted by Gasteiger charge is -2.24. The number of imidazole rings is 1. The van der Waals surface area contributed by atoms with Crippen molar-refractivity contribution in [3.63, 3.8) is 0 Å². The van der Waals surface area contributed by atoms with Crippen LogP contribution in [0.5, 0.6) is 0 Å². The van der Waals surface area contributed by atoms with Crippen molar-refractivity contribution in [2.75, 3.05) is 0 Å². The summed E-state index contributed by atoms with van der Waals surface area (Å²) in [6, 6.07) is 6.41. The number of nitrogens with one attached hydrogen (secondary N) is 1. The fraction of sp³-hybridized carbons (Fsp3) is 0.435. The van der Waals surface area contributed by atoms with Crippen LogP contribution in [0.2, 0.25) is 0 Å². The van der Waals surface area contributed by atoms with Crippen LogP contribution >= 0.6 is 0 Å². The van der Waals surface area contributed by atoms with Gasteiger partial charge in [-0.05, 0) is 42.5 Å². The van der Waals surface area contributed by atoms with Crippen molar-refractivity contribution in [1.82, 2.24) is 15.0 Å². The Morgan fingerprint density at radius 3 is 2.40 bits per heavy atom. The topological polar surface area (TPSA) is 111 Å². The maximum atomic E-state index is 15.5. The summed E-state index contributed by atoms with van der Waals surface area (Å²) in [5, 5.41) is 0. The fourth-order valence-corrected chi connectivity index (χ4v) is 4.58. The van der Waals surface area contributed by atoms with Crippen molar-refractivity contribution in [3.05, 3.63) is 59.4 Å². The number of nitrogens with zero attached hydrogens (tertiary/aromatic N) is 2. The molecule has 0 aliphatic heterocycles. The van der Waals surface area contributed by atoms with E-state index in [1.807, 2.05) is 0 Å². The average molecular weight is 410 g/mol. The van der Waals surface area contributed by atoms with Crippen LogP contribution in [0.4, 0.5) is 4.39 Å². The highest BCUT2D eigenvalue weighted by Gasteiger charge is 2.27. The Hall–Kier alpha value is -2.80. The first-order valence-electron chi connectivity index (χ1n) is 10.7. The number of aromatic nitrogens is 3. The van der Waals surface area contributed by atoms with Crippen LogP contribution in [0.1, 0.15) is 73.9 Å². The minimum Gasteiger partial charge on any atom is -0.369 e. The summed E-state index contributed by atoms with van der Waals surface area (Å²) in [6.07, 6.45) is 11.4. The predicted molar refractivity (Wildman–Crippen MR) is 114 cm³/mol. The van der Waals surface area contributed by atoms with Gasteiger partial charge in [0.05, 0.1) is 17.5 Å². The molecule has 2 unspecified atom stereocenters. The number of fused-ring (bicyclic) bond motifs is 1. The number of carbonyl (C=O) groups is 1. The van der Waals surface area contributed by atoms with Gasteiger partial charge < -0.3 is 16.5 Å². The SMILES string of the molecule is NC(=O)C(c1ccncc1)c1ccc2[nH]c(C(N)C3CCCCCCC3)nc2c1F. The molecule has 2 atom stereocenters. The summed E-state index contributed by atoms with van der Waals surface area (Å²) in [5.41, 5.74) is 13.7. The average Bonchev–Trinajstić information content (AvgIpc) is 3.15. The number of hydrogen-bond donors (Lipinski definition) is 3. The standard InChI is InChI=1S/C23H28FN5O/c24-19-16(18(22(26)30)14-10-12-27-13-11-14)8-9-17-21(19)29-23(28-17)20(25)15-6-4-2-1-3-5-7-15/h8-13,15,18,20H,1-7,25H2,(H2,26,30)(H,28,29). The molecule has 0 radical (unpaired) electrons. The minimum absolute atomic E-state index is 0.198. The molecule has 6 nitrogen and oxygen atoms in total. The van der Waals surface area contributed by atoms with Gasteiger partial charge in [-0.1, -0.05) is 38.2 Å². The van der Waals surface area contributed by atoms with E-state index in [2.05, 4.69) is 15.0 Å². The van der Waals surface area contributed by atoms with E-state index in [4.69, 9.17) is 11.5 Å². The first-order valence-corrected chi connectivity index (χ1v) is 10.7. The Bertz CT molecular complexity index is 1010. The molecule has 2 aromatic heterocycles. The molecule has 30 heavy (non-hydrogen) atoms. The fourth-order valence-electron chi connectivity index (χ4n) is 4.58. The van der Waals surface area contributed by atoms with Crippen LogP contribution in [-0.2, 0) is 4.79 Å². The van der Waals surface area contributed by atoms with Crippen LogP contribution in [0.15, 0.2) is 36.7 Å². The molecule has 7 heteroatoms. The van der Waals surface area contributed by atoms with E-state index in [1.54, 1.807) is 36.7 Å². The summed E-state index contributed by atoms with van der Waals surface area (Å²) in [6.45, 7) is 0. The smallest absolute Gasteiger partial charge is 0.229 e. The van der Waals surface area contributed by atoms with E-state index >= 15 is 4.39 Å². The Balaban J connectivity index is 1.68. The second-order valence-electron chi connectivity index (χ2n) is 8.23. The van der Waals surface area contributed by atoms with Crippen molar-refractivity contribution in [1.29, 1.82) is 0 Å². The normalized spacial score (nSPS) is 17.9.